The van der Waals surface area contributed by atoms with E-state index in [1.807, 2.05) is 67.6 Å². The van der Waals surface area contributed by atoms with Crippen LogP contribution in [0.4, 0.5) is 0 Å². The highest BCUT2D eigenvalue weighted by atomic mass is 79.9. The van der Waals surface area contributed by atoms with Gasteiger partial charge in [0.25, 0.3) is 0 Å². The number of carbonyl (C=O) groups excluding carboxylic acids is 2. The SMILES string of the molecule is COC(=O)C1=C(C)NC2=C(C(=O)c3ccccc32)[C@@H]1c1cc(Br)c(OCc2ccc(Br)cc2)c(Br)c1. The molecule has 0 bridgehead atoms. The van der Waals surface area contributed by atoms with Crippen LogP contribution >= 0.6 is 47.8 Å². The number of benzene rings is 3. The fourth-order valence-electron chi connectivity index (χ4n) is 4.66. The predicted octanol–water partition coefficient (Wildman–Crippen LogP) is 7.29. The number of Topliss-reactive ketones (excluding diaryl/α,β-unsaturated/α-hetero) is 1. The minimum Gasteiger partial charge on any atom is -0.487 e. The molecule has 1 N–H and O–H groups in total. The first-order valence-electron chi connectivity index (χ1n) is 11.1. The number of esters is 1. The molecule has 2 aliphatic rings. The maximum atomic E-state index is 13.6. The summed E-state index contributed by atoms with van der Waals surface area (Å²) in [7, 11) is 1.35. The Balaban J connectivity index is 1.57. The summed E-state index contributed by atoms with van der Waals surface area (Å²) in [4.78, 5) is 26.5. The van der Waals surface area contributed by atoms with Crippen molar-refractivity contribution in [3.05, 3.63) is 113 Å². The maximum Gasteiger partial charge on any atom is 0.336 e. The number of halogens is 3. The Morgan fingerprint density at radius 2 is 1.61 bits per heavy atom. The van der Waals surface area contributed by atoms with Crippen LogP contribution in [-0.2, 0) is 16.1 Å². The number of ether oxygens (including phenoxy) is 2. The van der Waals surface area contributed by atoms with E-state index in [1.165, 1.54) is 7.11 Å². The van der Waals surface area contributed by atoms with E-state index in [0.717, 1.165) is 26.9 Å². The average molecular weight is 674 g/mol. The molecule has 0 saturated carbocycles. The minimum atomic E-state index is -0.610. The molecule has 0 spiro atoms. The van der Waals surface area contributed by atoms with Crippen molar-refractivity contribution in [1.82, 2.24) is 5.32 Å². The van der Waals surface area contributed by atoms with Crippen LogP contribution in [-0.4, -0.2) is 18.9 Å². The lowest BCUT2D eigenvalue weighted by Crippen LogP contribution is -2.29. The van der Waals surface area contributed by atoms with Crippen LogP contribution in [0.5, 0.6) is 5.75 Å². The highest BCUT2D eigenvalue weighted by molar-refractivity contribution is 9.11. The molecule has 0 unspecified atom stereocenters. The molecule has 5 nitrogen and oxygen atoms in total. The number of allylic oxidation sites excluding steroid dienone is 2. The van der Waals surface area contributed by atoms with Crippen molar-refractivity contribution in [3.63, 3.8) is 0 Å². The van der Waals surface area contributed by atoms with Gasteiger partial charge < -0.3 is 14.8 Å². The summed E-state index contributed by atoms with van der Waals surface area (Å²) >= 11 is 10.7. The van der Waals surface area contributed by atoms with Crippen molar-refractivity contribution in [2.75, 3.05) is 7.11 Å². The van der Waals surface area contributed by atoms with E-state index in [1.54, 1.807) is 0 Å². The van der Waals surface area contributed by atoms with E-state index in [4.69, 9.17) is 9.47 Å². The molecule has 36 heavy (non-hydrogen) atoms. The molecular formula is C28H20Br3NO4. The number of dihydropyridines is 1. The van der Waals surface area contributed by atoms with Crippen LogP contribution < -0.4 is 10.1 Å². The quantitative estimate of drug-likeness (QED) is 0.288. The van der Waals surface area contributed by atoms with Crippen LogP contribution in [0.25, 0.3) is 5.70 Å². The fourth-order valence-corrected chi connectivity index (χ4v) is 6.38. The summed E-state index contributed by atoms with van der Waals surface area (Å²) in [5.74, 6) is -0.564. The second-order valence-corrected chi connectivity index (χ2v) is 11.1. The summed E-state index contributed by atoms with van der Waals surface area (Å²) in [6, 6.07) is 19.2. The summed E-state index contributed by atoms with van der Waals surface area (Å²) in [5.41, 5.74) is 5.55. The zero-order valence-electron chi connectivity index (χ0n) is 19.3. The molecule has 0 aromatic heterocycles. The first kappa shape index (κ1) is 25.0. The molecular weight excluding hydrogens is 654 g/mol. The third-order valence-electron chi connectivity index (χ3n) is 6.30. The molecule has 1 aliphatic heterocycles. The molecule has 1 atom stereocenters. The minimum absolute atomic E-state index is 0.102. The van der Waals surface area contributed by atoms with Gasteiger partial charge in [-0.25, -0.2) is 4.79 Å². The van der Waals surface area contributed by atoms with Gasteiger partial charge in [-0.15, -0.1) is 0 Å². The molecule has 3 aromatic rings. The van der Waals surface area contributed by atoms with E-state index in [2.05, 4.69) is 53.1 Å². The topological polar surface area (TPSA) is 64.6 Å². The highest BCUT2D eigenvalue weighted by Gasteiger charge is 2.43. The lowest BCUT2D eigenvalue weighted by atomic mass is 9.80. The Labute approximate surface area is 234 Å². The summed E-state index contributed by atoms with van der Waals surface area (Å²) in [5, 5.41) is 3.30. The van der Waals surface area contributed by atoms with Gasteiger partial charge in [-0.05, 0) is 74.2 Å². The molecule has 5 rings (SSSR count). The lowest BCUT2D eigenvalue weighted by molar-refractivity contribution is -0.136. The van der Waals surface area contributed by atoms with Crippen molar-refractivity contribution >= 4 is 65.2 Å². The van der Waals surface area contributed by atoms with Gasteiger partial charge in [0.15, 0.2) is 5.78 Å². The third-order valence-corrected chi connectivity index (χ3v) is 8.01. The second-order valence-electron chi connectivity index (χ2n) is 8.48. The zero-order valence-corrected chi connectivity index (χ0v) is 24.1. The second kappa shape index (κ2) is 10.00. The van der Waals surface area contributed by atoms with Gasteiger partial charge in [0, 0.05) is 32.8 Å². The highest BCUT2D eigenvalue weighted by Crippen LogP contribution is 2.48. The Hall–Kier alpha value is -2.68. The number of hydrogen-bond donors (Lipinski definition) is 1. The van der Waals surface area contributed by atoms with Crippen LogP contribution in [0.1, 0.15) is 39.9 Å². The first-order chi connectivity index (χ1) is 17.3. The largest absolute Gasteiger partial charge is 0.487 e. The molecule has 1 aliphatic carbocycles. The molecule has 0 radical (unpaired) electrons. The smallest absolute Gasteiger partial charge is 0.336 e. The van der Waals surface area contributed by atoms with Crippen LogP contribution in [0.3, 0.4) is 0 Å². The lowest BCUT2D eigenvalue weighted by Gasteiger charge is -2.29. The maximum absolute atomic E-state index is 13.6. The number of hydrogen-bond acceptors (Lipinski definition) is 5. The van der Waals surface area contributed by atoms with E-state index < -0.39 is 11.9 Å². The van der Waals surface area contributed by atoms with Crippen molar-refractivity contribution in [3.8, 4) is 5.75 Å². The molecule has 0 fully saturated rings. The fraction of sp³-hybridized carbons (Fsp3) is 0.143. The number of rotatable bonds is 5. The monoisotopic (exact) mass is 671 g/mol. The standard InChI is InChI=1S/C28H20Br3NO4/c1-14-22(28(34)35-2)23(24-25(32-14)18-5-3-4-6-19(18)26(24)33)16-11-20(30)27(21(31)12-16)36-13-15-7-9-17(29)10-8-15/h3-12,23,32H,13H2,1-2H3/t23-/m1/s1. The Bertz CT molecular complexity index is 1450. The van der Waals surface area contributed by atoms with E-state index in [9.17, 15) is 9.59 Å². The average Bonchev–Trinajstić information content (AvgIpc) is 3.14. The number of carbonyl (C=O) groups is 2. The molecule has 3 aromatic carbocycles. The number of nitrogens with one attached hydrogen (secondary N) is 1. The van der Waals surface area contributed by atoms with E-state index in [0.29, 0.717) is 43.7 Å². The van der Waals surface area contributed by atoms with E-state index >= 15 is 0 Å². The Morgan fingerprint density at radius 3 is 2.25 bits per heavy atom. The van der Waals surface area contributed by atoms with Crippen molar-refractivity contribution < 1.29 is 19.1 Å². The Kier molecular flexibility index (Phi) is 6.94. The molecule has 0 amide bonds. The first-order valence-corrected chi connectivity index (χ1v) is 13.5. The van der Waals surface area contributed by atoms with E-state index in [-0.39, 0.29) is 5.78 Å². The van der Waals surface area contributed by atoms with Crippen molar-refractivity contribution in [1.29, 1.82) is 0 Å². The van der Waals surface area contributed by atoms with Crippen LogP contribution in [0, 0.1) is 0 Å². The number of ketones is 1. The van der Waals surface area contributed by atoms with Crippen LogP contribution in [0.2, 0.25) is 0 Å². The van der Waals surface area contributed by atoms with Gasteiger partial charge in [0.2, 0.25) is 0 Å². The Morgan fingerprint density at radius 1 is 0.972 bits per heavy atom. The molecule has 0 saturated heterocycles. The summed E-state index contributed by atoms with van der Waals surface area (Å²) < 4.78 is 13.6. The zero-order chi connectivity index (χ0) is 25.6. The summed E-state index contributed by atoms with van der Waals surface area (Å²) in [6.07, 6.45) is 0. The number of fused-ring (bicyclic) bond motifs is 2. The van der Waals surface area contributed by atoms with Gasteiger partial charge in [-0.2, -0.15) is 0 Å². The normalized spacial score (nSPS) is 16.5. The third kappa shape index (κ3) is 4.35. The predicted molar refractivity (Wildman–Crippen MR) is 149 cm³/mol. The summed E-state index contributed by atoms with van der Waals surface area (Å²) in [6.45, 7) is 2.21. The van der Waals surface area contributed by atoms with Crippen molar-refractivity contribution in [2.45, 2.75) is 19.4 Å². The van der Waals surface area contributed by atoms with Crippen molar-refractivity contribution in [2.24, 2.45) is 0 Å². The van der Waals surface area contributed by atoms with Gasteiger partial charge in [0.05, 0.1) is 27.3 Å². The molecule has 8 heteroatoms. The van der Waals surface area contributed by atoms with Gasteiger partial charge in [-0.3, -0.25) is 4.79 Å². The molecule has 1 heterocycles. The van der Waals surface area contributed by atoms with Gasteiger partial charge >= 0.3 is 5.97 Å². The van der Waals surface area contributed by atoms with Gasteiger partial charge in [0.1, 0.15) is 12.4 Å². The number of methoxy groups -OCH3 is 1. The molecule has 182 valence electrons. The van der Waals surface area contributed by atoms with Crippen LogP contribution in [0.15, 0.2) is 90.9 Å². The van der Waals surface area contributed by atoms with Gasteiger partial charge in [-0.1, -0.05) is 52.3 Å².